The van der Waals surface area contributed by atoms with E-state index >= 15 is 0 Å². The number of hydrogen-bond donors (Lipinski definition) is 2. The lowest BCUT2D eigenvalue weighted by Crippen LogP contribution is -2.20. The number of halogens is 1. The molecule has 9 nitrogen and oxygen atoms in total. The van der Waals surface area contributed by atoms with E-state index in [1.807, 2.05) is 4.72 Å². The van der Waals surface area contributed by atoms with Crippen molar-refractivity contribution in [2.24, 2.45) is 0 Å². The fourth-order valence-corrected chi connectivity index (χ4v) is 2.20. The summed E-state index contributed by atoms with van der Waals surface area (Å²) in [5.41, 5.74) is -1.02. The fourth-order valence-electron chi connectivity index (χ4n) is 1.48. The first-order valence-corrected chi connectivity index (χ1v) is 7.30. The van der Waals surface area contributed by atoms with Crippen LogP contribution in [0.3, 0.4) is 0 Å². The van der Waals surface area contributed by atoms with Gasteiger partial charge in [0.15, 0.2) is 0 Å². The van der Waals surface area contributed by atoms with Gasteiger partial charge in [0.05, 0.1) is 22.2 Å². The van der Waals surface area contributed by atoms with Crippen molar-refractivity contribution in [2.75, 3.05) is 11.0 Å². The molecule has 11 heteroatoms. The van der Waals surface area contributed by atoms with E-state index in [1.54, 1.807) is 0 Å². The van der Waals surface area contributed by atoms with E-state index in [4.69, 9.17) is 11.6 Å². The van der Waals surface area contributed by atoms with Crippen molar-refractivity contribution in [1.82, 2.24) is 9.97 Å². The van der Waals surface area contributed by atoms with Gasteiger partial charge in [0.1, 0.15) is 5.02 Å². The number of fused-ring (bicyclic) bond motifs is 1. The summed E-state index contributed by atoms with van der Waals surface area (Å²) in [7, 11) is -3.67. The number of sulfonamides is 1. The number of benzene rings is 1. The van der Waals surface area contributed by atoms with Gasteiger partial charge >= 0.3 is 0 Å². The van der Waals surface area contributed by atoms with Crippen LogP contribution in [0, 0.1) is 10.1 Å². The van der Waals surface area contributed by atoms with E-state index in [-0.39, 0.29) is 21.7 Å². The minimum atomic E-state index is -3.67. The zero-order chi connectivity index (χ0) is 15.1. The Kier molecular flexibility index (Phi) is 3.36. The second-order valence-electron chi connectivity index (χ2n) is 3.87. The number of nitro groups is 1. The van der Waals surface area contributed by atoms with Crippen molar-refractivity contribution in [3.63, 3.8) is 0 Å². The van der Waals surface area contributed by atoms with E-state index in [0.29, 0.717) is 0 Å². The van der Waals surface area contributed by atoms with Crippen LogP contribution in [0.1, 0.15) is 0 Å². The molecule has 2 rings (SSSR count). The van der Waals surface area contributed by atoms with Gasteiger partial charge in [-0.15, -0.1) is 0 Å². The van der Waals surface area contributed by atoms with Gasteiger partial charge in [0.2, 0.25) is 15.8 Å². The molecule has 0 saturated carbocycles. The zero-order valence-electron chi connectivity index (χ0n) is 9.88. The van der Waals surface area contributed by atoms with Crippen LogP contribution in [0.2, 0.25) is 5.02 Å². The predicted molar refractivity (Wildman–Crippen MR) is 72.5 cm³/mol. The van der Waals surface area contributed by atoms with Crippen molar-refractivity contribution in [1.29, 1.82) is 0 Å². The molecule has 2 N–H and O–H groups in total. The second-order valence-corrected chi connectivity index (χ2v) is 6.02. The Labute approximate surface area is 116 Å². The van der Waals surface area contributed by atoms with Crippen LogP contribution in [0.4, 0.5) is 11.5 Å². The highest BCUT2D eigenvalue weighted by Crippen LogP contribution is 2.27. The van der Waals surface area contributed by atoms with E-state index in [1.165, 1.54) is 6.07 Å². The topological polar surface area (TPSA) is 135 Å². The molecule has 20 heavy (non-hydrogen) atoms. The predicted octanol–water partition coefficient (Wildman–Crippen LogP) is 0.856. The SMILES string of the molecule is CS(=O)(=O)Nc1nc2cc(Cl)c([N+](=O)[O-])cc2[nH]c1=O. The summed E-state index contributed by atoms with van der Waals surface area (Å²) >= 11 is 5.71. The summed E-state index contributed by atoms with van der Waals surface area (Å²) < 4.78 is 24.1. The normalized spacial score (nSPS) is 11.5. The summed E-state index contributed by atoms with van der Waals surface area (Å²) in [5, 5.41) is 10.5. The number of hydrogen-bond acceptors (Lipinski definition) is 6. The number of rotatable bonds is 3. The van der Waals surface area contributed by atoms with E-state index < -0.39 is 26.3 Å². The van der Waals surface area contributed by atoms with Gasteiger partial charge in [-0.25, -0.2) is 13.4 Å². The van der Waals surface area contributed by atoms with Crippen LogP contribution < -0.4 is 10.3 Å². The lowest BCUT2D eigenvalue weighted by atomic mass is 10.2. The molecule has 0 aliphatic heterocycles. The number of anilines is 1. The molecule has 0 amide bonds. The number of aromatic nitrogens is 2. The molecule has 0 fully saturated rings. The van der Waals surface area contributed by atoms with Crippen molar-refractivity contribution >= 4 is 44.2 Å². The van der Waals surface area contributed by atoms with Gasteiger partial charge in [-0.05, 0) is 6.07 Å². The zero-order valence-corrected chi connectivity index (χ0v) is 11.4. The van der Waals surface area contributed by atoms with Crippen LogP contribution in [0.15, 0.2) is 16.9 Å². The molecule has 1 aromatic heterocycles. The van der Waals surface area contributed by atoms with E-state index in [9.17, 15) is 23.3 Å². The fraction of sp³-hybridized carbons (Fsp3) is 0.111. The van der Waals surface area contributed by atoms with Crippen molar-refractivity contribution in [2.45, 2.75) is 0 Å². The van der Waals surface area contributed by atoms with Gasteiger partial charge in [-0.2, -0.15) is 0 Å². The average molecular weight is 319 g/mol. The summed E-state index contributed by atoms with van der Waals surface area (Å²) in [6.45, 7) is 0. The Hall–Kier alpha value is -2.20. The highest BCUT2D eigenvalue weighted by molar-refractivity contribution is 7.92. The third kappa shape index (κ3) is 2.86. The monoisotopic (exact) mass is 318 g/mol. The number of nitrogens with zero attached hydrogens (tertiary/aromatic N) is 2. The summed E-state index contributed by atoms with van der Waals surface area (Å²) in [4.78, 5) is 27.7. The van der Waals surface area contributed by atoms with Crippen molar-refractivity contribution in [3.05, 3.63) is 37.6 Å². The molecular formula is C9H7ClN4O5S. The number of nitrogens with one attached hydrogen (secondary N) is 2. The molecule has 0 aliphatic carbocycles. The first-order chi connectivity index (χ1) is 9.17. The molecule has 0 radical (unpaired) electrons. The molecule has 2 aromatic rings. The van der Waals surface area contributed by atoms with Crippen LogP contribution >= 0.6 is 11.6 Å². The first kappa shape index (κ1) is 14.2. The first-order valence-electron chi connectivity index (χ1n) is 5.03. The Balaban J connectivity index is 2.69. The summed E-state index contributed by atoms with van der Waals surface area (Å²) in [5.74, 6) is -0.440. The average Bonchev–Trinajstić information content (AvgIpc) is 2.28. The third-order valence-corrected chi connectivity index (χ3v) is 3.11. The lowest BCUT2D eigenvalue weighted by Gasteiger charge is -2.04. The molecule has 1 heterocycles. The van der Waals surface area contributed by atoms with Gasteiger partial charge in [0, 0.05) is 6.07 Å². The standard InChI is InChI=1S/C9H7ClN4O5S/c1-20(18,19)13-8-9(15)12-6-3-7(14(16)17)4(10)2-5(6)11-8/h2-3H,1H3,(H,11,13)(H,12,15). The van der Waals surface area contributed by atoms with Crippen LogP contribution in [0.25, 0.3) is 11.0 Å². The molecule has 1 aromatic carbocycles. The highest BCUT2D eigenvalue weighted by Gasteiger charge is 2.16. The number of aromatic amines is 1. The van der Waals surface area contributed by atoms with Crippen LogP contribution in [-0.2, 0) is 10.0 Å². The number of H-pyrrole nitrogens is 1. The largest absolute Gasteiger partial charge is 0.317 e. The molecule has 0 saturated heterocycles. The maximum atomic E-state index is 11.6. The van der Waals surface area contributed by atoms with Gasteiger partial charge in [-0.3, -0.25) is 19.6 Å². The smallest absolute Gasteiger partial charge is 0.292 e. The molecule has 0 aliphatic rings. The van der Waals surface area contributed by atoms with Crippen molar-refractivity contribution in [3.8, 4) is 0 Å². The molecule has 0 unspecified atom stereocenters. The second kappa shape index (κ2) is 4.72. The van der Waals surface area contributed by atoms with Gasteiger partial charge in [-0.1, -0.05) is 11.6 Å². The van der Waals surface area contributed by atoms with Crippen molar-refractivity contribution < 1.29 is 13.3 Å². The minimum absolute atomic E-state index is 0.0742. The molecule has 0 spiro atoms. The quantitative estimate of drug-likeness (QED) is 0.636. The Morgan fingerprint density at radius 3 is 2.65 bits per heavy atom. The number of nitro benzene ring substituents is 1. The van der Waals surface area contributed by atoms with E-state index in [0.717, 1.165) is 12.3 Å². The lowest BCUT2D eigenvalue weighted by molar-refractivity contribution is -0.384. The van der Waals surface area contributed by atoms with E-state index in [2.05, 4.69) is 9.97 Å². The maximum Gasteiger partial charge on any atom is 0.292 e. The van der Waals surface area contributed by atoms with Crippen LogP contribution in [-0.4, -0.2) is 29.6 Å². The molecular weight excluding hydrogens is 312 g/mol. The molecule has 106 valence electrons. The minimum Gasteiger partial charge on any atom is -0.317 e. The Morgan fingerprint density at radius 2 is 2.10 bits per heavy atom. The summed E-state index contributed by atoms with van der Waals surface area (Å²) in [6.07, 6.45) is 0.862. The van der Waals surface area contributed by atoms with Gasteiger partial charge in [0.25, 0.3) is 11.2 Å². The van der Waals surface area contributed by atoms with Gasteiger partial charge < -0.3 is 4.98 Å². The third-order valence-electron chi connectivity index (χ3n) is 2.24. The Bertz CT molecular complexity index is 876. The van der Waals surface area contributed by atoms with Crippen LogP contribution in [0.5, 0.6) is 0 Å². The molecule has 0 atom stereocenters. The molecule has 0 bridgehead atoms. The maximum absolute atomic E-state index is 11.6. The summed E-state index contributed by atoms with van der Waals surface area (Å²) in [6, 6.07) is 2.22. The Morgan fingerprint density at radius 1 is 1.45 bits per heavy atom. The highest BCUT2D eigenvalue weighted by atomic mass is 35.5.